The molecular weight excluding hydrogens is 244 g/mol. The highest BCUT2D eigenvalue weighted by molar-refractivity contribution is 5.92. The molecule has 106 valence electrons. The number of fused-ring (bicyclic) bond motifs is 1. The number of imidazole rings is 1. The van der Waals surface area contributed by atoms with E-state index in [0.717, 1.165) is 25.5 Å². The van der Waals surface area contributed by atoms with Crippen molar-refractivity contribution in [3.8, 4) is 0 Å². The van der Waals surface area contributed by atoms with Crippen LogP contribution in [0.3, 0.4) is 0 Å². The van der Waals surface area contributed by atoms with Gasteiger partial charge in [-0.15, -0.1) is 0 Å². The third kappa shape index (κ3) is 3.47. The zero-order valence-corrected chi connectivity index (χ0v) is 11.8. The van der Waals surface area contributed by atoms with E-state index in [2.05, 4.69) is 10.3 Å². The van der Waals surface area contributed by atoms with E-state index in [1.54, 1.807) is 11.9 Å². The van der Waals surface area contributed by atoms with Gasteiger partial charge in [-0.25, -0.2) is 4.98 Å². The summed E-state index contributed by atoms with van der Waals surface area (Å²) in [6.45, 7) is 6.93. The fourth-order valence-corrected chi connectivity index (χ4v) is 2.00. The molecule has 0 unspecified atom stereocenters. The lowest BCUT2D eigenvalue weighted by molar-refractivity contribution is 0.0529. The van der Waals surface area contributed by atoms with E-state index in [1.165, 1.54) is 0 Å². The number of carbonyl (C=O) groups is 1. The molecule has 0 bridgehead atoms. The maximum Gasteiger partial charge on any atom is 0.273 e. The molecule has 19 heavy (non-hydrogen) atoms. The molecule has 0 fully saturated rings. The summed E-state index contributed by atoms with van der Waals surface area (Å²) in [6.07, 6.45) is 3.08. The van der Waals surface area contributed by atoms with E-state index in [1.807, 2.05) is 24.6 Å². The number of aromatic nitrogens is 2. The van der Waals surface area contributed by atoms with Gasteiger partial charge in [0.25, 0.3) is 5.91 Å². The molecule has 6 heteroatoms. The number of hydrogen-bond donors (Lipinski definition) is 1. The first-order valence-corrected chi connectivity index (χ1v) is 6.76. The van der Waals surface area contributed by atoms with Gasteiger partial charge in [0.15, 0.2) is 0 Å². The van der Waals surface area contributed by atoms with Gasteiger partial charge in [0.05, 0.1) is 12.7 Å². The molecule has 6 nitrogen and oxygen atoms in total. The van der Waals surface area contributed by atoms with Crippen LogP contribution in [0.1, 0.15) is 30.8 Å². The predicted octanol–water partition coefficient (Wildman–Crippen LogP) is 1.20. The largest absolute Gasteiger partial charge is 0.377 e. The monoisotopic (exact) mass is 266 g/mol. The minimum atomic E-state index is -0.0592. The Labute approximate surface area is 113 Å². The Morgan fingerprint density at radius 1 is 1.63 bits per heavy atom. The minimum absolute atomic E-state index is 0.0592. The highest BCUT2D eigenvalue weighted by Crippen LogP contribution is 2.15. The van der Waals surface area contributed by atoms with Gasteiger partial charge in [-0.3, -0.25) is 4.79 Å². The zero-order valence-electron chi connectivity index (χ0n) is 11.8. The fourth-order valence-electron chi connectivity index (χ4n) is 2.00. The molecule has 2 heterocycles. The summed E-state index contributed by atoms with van der Waals surface area (Å²) in [5.74, 6) is 0.734. The second-order valence-electron chi connectivity index (χ2n) is 5.07. The number of likely N-dealkylation sites (N-methyl/N-ethyl adjacent to an activating group) is 1. The third-order valence-electron chi connectivity index (χ3n) is 3.08. The molecule has 0 saturated carbocycles. The van der Waals surface area contributed by atoms with Crippen molar-refractivity contribution in [2.75, 3.05) is 32.1 Å². The Hall–Kier alpha value is -1.56. The lowest BCUT2D eigenvalue weighted by Crippen LogP contribution is -2.31. The zero-order chi connectivity index (χ0) is 13.8. The molecular formula is C13H22N4O2. The van der Waals surface area contributed by atoms with Gasteiger partial charge < -0.3 is 19.5 Å². The first-order chi connectivity index (χ1) is 9.08. The number of amides is 1. The van der Waals surface area contributed by atoms with Crippen LogP contribution in [0.2, 0.25) is 0 Å². The molecule has 0 radical (unpaired) electrons. The lowest BCUT2D eigenvalue weighted by Gasteiger charge is -2.16. The molecule has 1 aliphatic rings. The van der Waals surface area contributed by atoms with Gasteiger partial charge in [-0.2, -0.15) is 0 Å². The van der Waals surface area contributed by atoms with Crippen molar-refractivity contribution in [1.29, 1.82) is 0 Å². The maximum atomic E-state index is 12.2. The highest BCUT2D eigenvalue weighted by Gasteiger charge is 2.19. The van der Waals surface area contributed by atoms with E-state index in [-0.39, 0.29) is 12.0 Å². The number of rotatable bonds is 5. The van der Waals surface area contributed by atoms with Crippen LogP contribution in [0.15, 0.2) is 6.20 Å². The highest BCUT2D eigenvalue weighted by atomic mass is 16.5. The summed E-state index contributed by atoms with van der Waals surface area (Å²) in [6, 6.07) is 0. The molecule has 0 aliphatic carbocycles. The number of anilines is 1. The molecule has 0 atom stereocenters. The molecule has 0 aromatic carbocycles. The Morgan fingerprint density at radius 3 is 3.11 bits per heavy atom. The van der Waals surface area contributed by atoms with Crippen LogP contribution >= 0.6 is 0 Å². The number of ether oxygens (including phenoxy) is 1. The second-order valence-corrected chi connectivity index (χ2v) is 5.07. The summed E-state index contributed by atoms with van der Waals surface area (Å²) >= 11 is 0. The summed E-state index contributed by atoms with van der Waals surface area (Å²) in [5, 5.41) is 3.19. The van der Waals surface area contributed by atoms with Crippen LogP contribution in [0.4, 0.5) is 5.95 Å². The number of nitrogens with one attached hydrogen (secondary N) is 1. The van der Waals surface area contributed by atoms with Crippen LogP contribution in [-0.4, -0.2) is 53.2 Å². The number of nitrogens with zero attached hydrogens (tertiary/aromatic N) is 3. The Balaban J connectivity index is 1.93. The van der Waals surface area contributed by atoms with Crippen molar-refractivity contribution in [3.63, 3.8) is 0 Å². The molecule has 2 rings (SSSR count). The average Bonchev–Trinajstić information content (AvgIpc) is 2.80. The van der Waals surface area contributed by atoms with Gasteiger partial charge in [0.2, 0.25) is 5.95 Å². The molecule has 1 aromatic heterocycles. The number of carbonyl (C=O) groups excluding carboxylic acids is 1. The molecule has 1 aromatic rings. The van der Waals surface area contributed by atoms with Crippen molar-refractivity contribution < 1.29 is 9.53 Å². The quantitative estimate of drug-likeness (QED) is 0.870. The SMILES string of the molecule is CC(C)OCCN(C)C(=O)c1cn2c(n1)NCCC2. The summed E-state index contributed by atoms with van der Waals surface area (Å²) < 4.78 is 7.44. The van der Waals surface area contributed by atoms with Crippen LogP contribution in [0, 0.1) is 0 Å². The number of hydrogen-bond acceptors (Lipinski definition) is 4. The van der Waals surface area contributed by atoms with Crippen LogP contribution < -0.4 is 5.32 Å². The standard InChI is InChI=1S/C13H22N4O2/c1-10(2)19-8-7-16(3)12(18)11-9-17-6-4-5-14-13(17)15-11/h9-10H,4-8H2,1-3H3,(H,14,15). The topological polar surface area (TPSA) is 59.4 Å². The van der Waals surface area contributed by atoms with Crippen molar-refractivity contribution in [2.45, 2.75) is 32.9 Å². The smallest absolute Gasteiger partial charge is 0.273 e. The van der Waals surface area contributed by atoms with E-state index in [0.29, 0.717) is 18.8 Å². The minimum Gasteiger partial charge on any atom is -0.377 e. The van der Waals surface area contributed by atoms with Crippen molar-refractivity contribution >= 4 is 11.9 Å². The maximum absolute atomic E-state index is 12.2. The third-order valence-corrected chi connectivity index (χ3v) is 3.08. The number of aryl methyl sites for hydroxylation is 1. The molecule has 1 amide bonds. The van der Waals surface area contributed by atoms with Gasteiger partial charge in [0, 0.05) is 32.9 Å². The normalized spacial score (nSPS) is 14.1. The van der Waals surface area contributed by atoms with Crippen LogP contribution in [-0.2, 0) is 11.3 Å². The lowest BCUT2D eigenvalue weighted by atomic mass is 10.3. The van der Waals surface area contributed by atoms with E-state index >= 15 is 0 Å². The Bertz CT molecular complexity index is 418. The molecule has 1 N–H and O–H groups in total. The van der Waals surface area contributed by atoms with Crippen molar-refractivity contribution in [2.24, 2.45) is 0 Å². The van der Waals surface area contributed by atoms with Crippen LogP contribution in [0.5, 0.6) is 0 Å². The first kappa shape index (κ1) is 13.9. The average molecular weight is 266 g/mol. The van der Waals surface area contributed by atoms with E-state index in [4.69, 9.17) is 4.74 Å². The Morgan fingerprint density at radius 2 is 2.42 bits per heavy atom. The van der Waals surface area contributed by atoms with Gasteiger partial charge in [-0.1, -0.05) is 0 Å². The van der Waals surface area contributed by atoms with E-state index < -0.39 is 0 Å². The summed E-state index contributed by atoms with van der Waals surface area (Å²) in [7, 11) is 1.78. The molecule has 1 aliphatic heterocycles. The molecule has 0 spiro atoms. The predicted molar refractivity (Wildman–Crippen MR) is 73.4 cm³/mol. The molecule has 0 saturated heterocycles. The van der Waals surface area contributed by atoms with Gasteiger partial charge >= 0.3 is 0 Å². The summed E-state index contributed by atoms with van der Waals surface area (Å²) in [4.78, 5) is 18.2. The van der Waals surface area contributed by atoms with Crippen LogP contribution in [0.25, 0.3) is 0 Å². The Kier molecular flexibility index (Phi) is 4.42. The first-order valence-electron chi connectivity index (χ1n) is 6.76. The van der Waals surface area contributed by atoms with E-state index in [9.17, 15) is 4.79 Å². The fraction of sp³-hybridized carbons (Fsp3) is 0.692. The van der Waals surface area contributed by atoms with Crippen molar-refractivity contribution in [1.82, 2.24) is 14.5 Å². The van der Waals surface area contributed by atoms with Crippen molar-refractivity contribution in [3.05, 3.63) is 11.9 Å². The second kappa shape index (κ2) is 6.06. The summed E-state index contributed by atoms with van der Waals surface area (Å²) in [5.41, 5.74) is 0.497. The van der Waals surface area contributed by atoms with Gasteiger partial charge in [0.1, 0.15) is 5.69 Å². The van der Waals surface area contributed by atoms with Gasteiger partial charge in [-0.05, 0) is 20.3 Å².